The lowest BCUT2D eigenvalue weighted by atomic mass is 10.0. The van der Waals surface area contributed by atoms with Crippen molar-refractivity contribution in [2.45, 2.75) is 31.6 Å². The van der Waals surface area contributed by atoms with E-state index >= 15 is 0 Å². The highest BCUT2D eigenvalue weighted by atomic mass is 32.2. The summed E-state index contributed by atoms with van der Waals surface area (Å²) in [5, 5.41) is 4.02. The van der Waals surface area contributed by atoms with Crippen molar-refractivity contribution in [3.63, 3.8) is 0 Å². The number of benzene rings is 3. The molecular weight excluding hydrogens is 478 g/mol. The maximum absolute atomic E-state index is 13.5. The Kier molecular flexibility index (Phi) is 7.59. The topological polar surface area (TPSA) is 97.3 Å². The van der Waals surface area contributed by atoms with E-state index in [9.17, 15) is 13.2 Å². The molecule has 0 radical (unpaired) electrons. The van der Waals surface area contributed by atoms with Crippen molar-refractivity contribution in [3.05, 3.63) is 83.4 Å². The summed E-state index contributed by atoms with van der Waals surface area (Å²) in [6.07, 6.45) is 1.45. The molecule has 1 aliphatic rings. The van der Waals surface area contributed by atoms with E-state index in [1.807, 2.05) is 19.1 Å². The van der Waals surface area contributed by atoms with Crippen LogP contribution in [-0.4, -0.2) is 40.3 Å². The first-order valence-electron chi connectivity index (χ1n) is 11.7. The van der Waals surface area contributed by atoms with Gasteiger partial charge in [0, 0.05) is 5.56 Å². The zero-order chi connectivity index (χ0) is 25.7. The summed E-state index contributed by atoms with van der Waals surface area (Å²) < 4.78 is 39.4. The minimum atomic E-state index is -4.00. The summed E-state index contributed by atoms with van der Waals surface area (Å²) in [6.45, 7) is 6.44. The van der Waals surface area contributed by atoms with E-state index in [1.54, 1.807) is 42.5 Å². The molecule has 188 valence electrons. The van der Waals surface area contributed by atoms with E-state index in [2.05, 4.69) is 24.4 Å². The van der Waals surface area contributed by atoms with Crippen LogP contribution in [0.2, 0.25) is 0 Å². The molecule has 0 fully saturated rings. The number of sulfonamides is 1. The third kappa shape index (κ3) is 5.68. The van der Waals surface area contributed by atoms with Crippen LogP contribution in [0.1, 0.15) is 36.5 Å². The maximum atomic E-state index is 13.5. The molecule has 1 aliphatic heterocycles. The summed E-state index contributed by atoms with van der Waals surface area (Å²) in [5.74, 6) is 0.862. The second-order valence-electron chi connectivity index (χ2n) is 8.74. The molecule has 0 unspecified atom stereocenters. The fourth-order valence-electron chi connectivity index (χ4n) is 3.72. The highest BCUT2D eigenvalue weighted by Crippen LogP contribution is 2.32. The van der Waals surface area contributed by atoms with Gasteiger partial charge in [-0.1, -0.05) is 49.7 Å². The van der Waals surface area contributed by atoms with E-state index in [-0.39, 0.29) is 10.8 Å². The molecule has 1 heterocycles. The Labute approximate surface area is 211 Å². The number of anilines is 1. The average Bonchev–Trinajstić information content (AvgIpc) is 2.87. The van der Waals surface area contributed by atoms with Crippen LogP contribution in [0, 0.1) is 6.92 Å². The highest BCUT2D eigenvalue weighted by molar-refractivity contribution is 7.92. The Morgan fingerprint density at radius 2 is 1.72 bits per heavy atom. The van der Waals surface area contributed by atoms with Crippen molar-refractivity contribution in [3.8, 4) is 11.5 Å². The molecule has 0 bridgehead atoms. The van der Waals surface area contributed by atoms with Crippen molar-refractivity contribution in [1.82, 2.24) is 5.43 Å². The zero-order valence-electron chi connectivity index (χ0n) is 20.5. The van der Waals surface area contributed by atoms with Gasteiger partial charge in [-0.15, -0.1) is 0 Å². The van der Waals surface area contributed by atoms with Gasteiger partial charge in [0.05, 0.1) is 16.8 Å². The number of amides is 1. The standard InChI is InChI=1S/C27H29N3O5S/c1-19(2)21-9-11-23(12-10-21)30(36(32,33)24-13-7-20(3)8-14-24)18-26(31)29-28-17-22-5-4-6-25-27(22)35-16-15-34-25/h4-14,17,19H,15-16,18H2,1-3H3,(H,29,31)/b28-17+. The number of hydrogen-bond donors (Lipinski definition) is 1. The van der Waals surface area contributed by atoms with Gasteiger partial charge >= 0.3 is 0 Å². The molecule has 8 nitrogen and oxygen atoms in total. The molecule has 4 rings (SSSR count). The molecule has 36 heavy (non-hydrogen) atoms. The number of ether oxygens (including phenoxy) is 2. The van der Waals surface area contributed by atoms with Gasteiger partial charge < -0.3 is 9.47 Å². The lowest BCUT2D eigenvalue weighted by molar-refractivity contribution is -0.119. The second kappa shape index (κ2) is 10.8. The predicted octanol–water partition coefficient (Wildman–Crippen LogP) is 4.24. The lowest BCUT2D eigenvalue weighted by Crippen LogP contribution is -2.39. The first-order chi connectivity index (χ1) is 17.3. The van der Waals surface area contributed by atoms with Crippen molar-refractivity contribution in [2.24, 2.45) is 5.10 Å². The van der Waals surface area contributed by atoms with Gasteiger partial charge in [0.1, 0.15) is 19.8 Å². The van der Waals surface area contributed by atoms with E-state index in [1.165, 1.54) is 18.3 Å². The Hall–Kier alpha value is -3.85. The number of rotatable bonds is 8. The largest absolute Gasteiger partial charge is 0.486 e. The van der Waals surface area contributed by atoms with Gasteiger partial charge in [0.2, 0.25) is 0 Å². The van der Waals surface area contributed by atoms with Gasteiger partial charge in [-0.05, 0) is 54.8 Å². The van der Waals surface area contributed by atoms with E-state index in [4.69, 9.17) is 9.47 Å². The van der Waals surface area contributed by atoms with Crippen LogP contribution in [0.15, 0.2) is 76.7 Å². The van der Waals surface area contributed by atoms with Gasteiger partial charge in [-0.25, -0.2) is 13.8 Å². The molecule has 0 atom stereocenters. The Balaban J connectivity index is 1.56. The van der Waals surface area contributed by atoms with Crippen LogP contribution in [-0.2, 0) is 14.8 Å². The number of fused-ring (bicyclic) bond motifs is 1. The molecule has 1 N–H and O–H groups in total. The second-order valence-corrected chi connectivity index (χ2v) is 10.6. The third-order valence-corrected chi connectivity index (χ3v) is 7.52. The van der Waals surface area contributed by atoms with Crippen LogP contribution in [0.4, 0.5) is 5.69 Å². The van der Waals surface area contributed by atoms with Gasteiger partial charge in [0.15, 0.2) is 11.5 Å². The van der Waals surface area contributed by atoms with Crippen molar-refractivity contribution in [2.75, 3.05) is 24.1 Å². The van der Waals surface area contributed by atoms with Crippen LogP contribution in [0.5, 0.6) is 11.5 Å². The zero-order valence-corrected chi connectivity index (χ0v) is 21.3. The fourth-order valence-corrected chi connectivity index (χ4v) is 5.14. The van der Waals surface area contributed by atoms with Crippen LogP contribution >= 0.6 is 0 Å². The summed E-state index contributed by atoms with van der Waals surface area (Å²) in [6, 6.07) is 19.1. The molecule has 3 aromatic rings. The first-order valence-corrected chi connectivity index (χ1v) is 13.1. The van der Waals surface area contributed by atoms with Crippen LogP contribution in [0.25, 0.3) is 0 Å². The number of para-hydroxylation sites is 1. The minimum Gasteiger partial charge on any atom is -0.486 e. The highest BCUT2D eigenvalue weighted by Gasteiger charge is 2.27. The number of hydrogen-bond acceptors (Lipinski definition) is 6. The Bertz CT molecular complexity index is 1350. The number of carbonyl (C=O) groups excluding carboxylic acids is 1. The van der Waals surface area contributed by atoms with E-state index < -0.39 is 22.5 Å². The Morgan fingerprint density at radius 3 is 2.42 bits per heavy atom. The third-order valence-electron chi connectivity index (χ3n) is 5.73. The smallest absolute Gasteiger partial charge is 0.264 e. The average molecular weight is 508 g/mol. The minimum absolute atomic E-state index is 0.102. The molecule has 0 saturated carbocycles. The molecule has 1 amide bonds. The normalized spacial score (nSPS) is 13.1. The molecule has 0 aliphatic carbocycles. The molecule has 9 heteroatoms. The number of nitrogens with one attached hydrogen (secondary N) is 1. The SMILES string of the molecule is Cc1ccc(S(=O)(=O)N(CC(=O)N/N=C/c2cccc3c2OCCO3)c2ccc(C(C)C)cc2)cc1. The number of nitrogens with zero attached hydrogens (tertiary/aromatic N) is 2. The summed E-state index contributed by atoms with van der Waals surface area (Å²) in [4.78, 5) is 12.9. The number of hydrazone groups is 1. The lowest BCUT2D eigenvalue weighted by Gasteiger charge is -2.24. The molecule has 0 saturated heterocycles. The van der Waals surface area contributed by atoms with Crippen molar-refractivity contribution < 1.29 is 22.7 Å². The van der Waals surface area contributed by atoms with Crippen molar-refractivity contribution in [1.29, 1.82) is 0 Å². The first kappa shape index (κ1) is 25.2. The van der Waals surface area contributed by atoms with E-state index in [0.29, 0.717) is 36.0 Å². The fraction of sp³-hybridized carbons (Fsp3) is 0.259. The summed E-state index contributed by atoms with van der Waals surface area (Å²) >= 11 is 0. The summed E-state index contributed by atoms with van der Waals surface area (Å²) in [5.41, 5.74) is 5.46. The maximum Gasteiger partial charge on any atom is 0.264 e. The number of aryl methyl sites for hydroxylation is 1. The predicted molar refractivity (Wildman–Crippen MR) is 139 cm³/mol. The van der Waals surface area contributed by atoms with Gasteiger partial charge in [0.25, 0.3) is 15.9 Å². The molecular formula is C27H29N3O5S. The molecule has 0 aromatic heterocycles. The van der Waals surface area contributed by atoms with Crippen molar-refractivity contribution >= 4 is 27.8 Å². The van der Waals surface area contributed by atoms with Gasteiger partial charge in [-0.3, -0.25) is 9.10 Å². The van der Waals surface area contributed by atoms with E-state index in [0.717, 1.165) is 15.4 Å². The van der Waals surface area contributed by atoms with Crippen LogP contribution in [0.3, 0.4) is 0 Å². The monoisotopic (exact) mass is 507 g/mol. The van der Waals surface area contributed by atoms with Gasteiger partial charge in [-0.2, -0.15) is 5.10 Å². The summed E-state index contributed by atoms with van der Waals surface area (Å²) in [7, 11) is -4.00. The quantitative estimate of drug-likeness (QED) is 0.363. The van der Waals surface area contributed by atoms with Crippen LogP contribution < -0.4 is 19.2 Å². The molecule has 3 aromatic carbocycles. The Morgan fingerprint density at radius 1 is 1.03 bits per heavy atom. The number of carbonyl (C=O) groups is 1. The molecule has 0 spiro atoms.